The van der Waals surface area contributed by atoms with Crippen LogP contribution in [0, 0.1) is 5.82 Å². The molecule has 0 atom stereocenters. The lowest BCUT2D eigenvalue weighted by atomic mass is 10.1. The van der Waals surface area contributed by atoms with Crippen molar-refractivity contribution in [3.05, 3.63) is 35.1 Å². The zero-order chi connectivity index (χ0) is 9.14. The average molecular weight is 168 g/mol. The van der Waals surface area contributed by atoms with E-state index in [0.717, 1.165) is 6.07 Å². The highest BCUT2D eigenvalue weighted by atomic mass is 19.1. The maximum absolute atomic E-state index is 13.0. The van der Waals surface area contributed by atoms with Crippen LogP contribution >= 0.6 is 0 Å². The second kappa shape index (κ2) is 3.45. The number of halogens is 1. The zero-order valence-corrected chi connectivity index (χ0v) is 6.67. The van der Waals surface area contributed by atoms with Crippen LogP contribution in [0.15, 0.2) is 18.2 Å². The van der Waals surface area contributed by atoms with E-state index < -0.39 is 5.82 Å². The highest BCUT2D eigenvalue weighted by Gasteiger charge is 2.06. The van der Waals surface area contributed by atoms with Gasteiger partial charge < -0.3 is 5.11 Å². The minimum Gasteiger partial charge on any atom is -0.392 e. The Morgan fingerprint density at radius 1 is 1.58 bits per heavy atom. The molecule has 1 N–H and O–H groups in total. The van der Waals surface area contributed by atoms with E-state index in [1.165, 1.54) is 19.1 Å². The summed E-state index contributed by atoms with van der Waals surface area (Å²) in [5.74, 6) is -0.883. The van der Waals surface area contributed by atoms with Gasteiger partial charge in [0.15, 0.2) is 5.78 Å². The van der Waals surface area contributed by atoms with Crippen molar-refractivity contribution in [2.75, 3.05) is 0 Å². The summed E-state index contributed by atoms with van der Waals surface area (Å²) in [7, 11) is 0. The van der Waals surface area contributed by atoms with Crippen LogP contribution in [0.5, 0.6) is 0 Å². The monoisotopic (exact) mass is 168 g/mol. The average Bonchev–Trinajstić information content (AvgIpc) is 2.03. The quantitative estimate of drug-likeness (QED) is 0.680. The van der Waals surface area contributed by atoms with Gasteiger partial charge in [0, 0.05) is 0 Å². The van der Waals surface area contributed by atoms with Gasteiger partial charge in [-0.05, 0) is 24.6 Å². The van der Waals surface area contributed by atoms with E-state index in [-0.39, 0.29) is 18.0 Å². The first-order valence-electron chi connectivity index (χ1n) is 3.55. The van der Waals surface area contributed by atoms with E-state index >= 15 is 0 Å². The van der Waals surface area contributed by atoms with Crippen LogP contribution in [0.4, 0.5) is 4.39 Å². The van der Waals surface area contributed by atoms with Crippen molar-refractivity contribution in [3.8, 4) is 0 Å². The van der Waals surface area contributed by atoms with Gasteiger partial charge in [-0.1, -0.05) is 6.07 Å². The van der Waals surface area contributed by atoms with Crippen molar-refractivity contribution in [3.63, 3.8) is 0 Å². The number of ketones is 1. The number of carbonyl (C=O) groups excluding carboxylic acids is 1. The molecule has 0 saturated carbocycles. The Morgan fingerprint density at radius 2 is 2.25 bits per heavy atom. The molecule has 2 nitrogen and oxygen atoms in total. The van der Waals surface area contributed by atoms with E-state index in [1.807, 2.05) is 0 Å². The number of carbonyl (C=O) groups is 1. The minimum absolute atomic E-state index is 0.0622. The first-order valence-corrected chi connectivity index (χ1v) is 3.55. The molecule has 12 heavy (non-hydrogen) atoms. The third kappa shape index (κ3) is 1.68. The normalized spacial score (nSPS) is 9.92. The summed E-state index contributed by atoms with van der Waals surface area (Å²) in [5.41, 5.74) is 0.532. The summed E-state index contributed by atoms with van der Waals surface area (Å²) in [6.45, 7) is 1.09. The molecule has 0 bridgehead atoms. The van der Waals surface area contributed by atoms with Crippen molar-refractivity contribution in [1.82, 2.24) is 0 Å². The fraction of sp³-hybridized carbons (Fsp3) is 0.222. The second-order valence-electron chi connectivity index (χ2n) is 2.53. The van der Waals surface area contributed by atoms with Crippen LogP contribution in [0.2, 0.25) is 0 Å². The van der Waals surface area contributed by atoms with E-state index in [0.29, 0.717) is 5.56 Å². The van der Waals surface area contributed by atoms with Crippen LogP contribution in [0.3, 0.4) is 0 Å². The lowest BCUT2D eigenvalue weighted by Gasteiger charge is -2.00. The predicted molar refractivity (Wildman–Crippen MR) is 42.3 cm³/mol. The Bertz CT molecular complexity index is 307. The van der Waals surface area contributed by atoms with E-state index in [9.17, 15) is 9.18 Å². The number of Topliss-reactive ketones (excluding diaryl/α,β-unsaturated/α-hetero) is 1. The van der Waals surface area contributed by atoms with Gasteiger partial charge in [-0.2, -0.15) is 0 Å². The van der Waals surface area contributed by atoms with Gasteiger partial charge in [0.1, 0.15) is 5.82 Å². The summed E-state index contributed by atoms with van der Waals surface area (Å²) in [5, 5.41) is 8.64. The summed E-state index contributed by atoms with van der Waals surface area (Å²) >= 11 is 0. The van der Waals surface area contributed by atoms with Crippen LogP contribution in [0.25, 0.3) is 0 Å². The van der Waals surface area contributed by atoms with Crippen molar-refractivity contribution < 1.29 is 14.3 Å². The van der Waals surface area contributed by atoms with Crippen LogP contribution in [-0.4, -0.2) is 10.9 Å². The molecule has 3 heteroatoms. The van der Waals surface area contributed by atoms with E-state index in [1.54, 1.807) is 0 Å². The molecule has 1 aromatic rings. The highest BCUT2D eigenvalue weighted by Crippen LogP contribution is 2.10. The number of aliphatic hydroxyl groups is 1. The molecule has 0 aromatic heterocycles. The number of hydrogen-bond acceptors (Lipinski definition) is 2. The third-order valence-corrected chi connectivity index (χ3v) is 1.60. The molecule has 1 rings (SSSR count). The molecule has 0 aliphatic heterocycles. The van der Waals surface area contributed by atoms with Crippen molar-refractivity contribution >= 4 is 5.78 Å². The zero-order valence-electron chi connectivity index (χ0n) is 6.67. The standard InChI is InChI=1S/C9H9FO2/c1-6(12)8-3-2-7(5-11)4-9(8)10/h2-4,11H,5H2,1H3. The molecule has 0 spiro atoms. The molecule has 64 valence electrons. The van der Waals surface area contributed by atoms with Crippen LogP contribution < -0.4 is 0 Å². The Kier molecular flexibility index (Phi) is 2.55. The Labute approximate surface area is 69.6 Å². The van der Waals surface area contributed by atoms with Gasteiger partial charge in [-0.3, -0.25) is 4.79 Å². The van der Waals surface area contributed by atoms with E-state index in [4.69, 9.17) is 5.11 Å². The van der Waals surface area contributed by atoms with E-state index in [2.05, 4.69) is 0 Å². The third-order valence-electron chi connectivity index (χ3n) is 1.60. The summed E-state index contributed by atoms with van der Waals surface area (Å²) in [6.07, 6.45) is 0. The topological polar surface area (TPSA) is 37.3 Å². The lowest BCUT2D eigenvalue weighted by molar-refractivity contribution is 0.101. The van der Waals surface area contributed by atoms with Gasteiger partial charge in [0.25, 0.3) is 0 Å². The number of aliphatic hydroxyl groups excluding tert-OH is 1. The van der Waals surface area contributed by atoms with Crippen LogP contribution in [-0.2, 0) is 6.61 Å². The second-order valence-corrected chi connectivity index (χ2v) is 2.53. The van der Waals surface area contributed by atoms with Crippen molar-refractivity contribution in [1.29, 1.82) is 0 Å². The highest BCUT2D eigenvalue weighted by molar-refractivity contribution is 5.94. The first kappa shape index (κ1) is 8.87. The summed E-state index contributed by atoms with van der Waals surface area (Å²) in [6, 6.07) is 4.07. The maximum atomic E-state index is 13.0. The molecule has 0 heterocycles. The molecule has 0 saturated heterocycles. The molecule has 0 unspecified atom stereocenters. The summed E-state index contributed by atoms with van der Waals surface area (Å²) in [4.78, 5) is 10.8. The first-order chi connectivity index (χ1) is 5.65. The molecule has 0 aliphatic rings. The molecule has 0 aliphatic carbocycles. The molecule has 0 fully saturated rings. The molecular weight excluding hydrogens is 159 g/mol. The molecule has 1 aromatic carbocycles. The van der Waals surface area contributed by atoms with Gasteiger partial charge in [0.2, 0.25) is 0 Å². The van der Waals surface area contributed by atoms with Crippen molar-refractivity contribution in [2.24, 2.45) is 0 Å². The largest absolute Gasteiger partial charge is 0.392 e. The van der Waals surface area contributed by atoms with Crippen molar-refractivity contribution in [2.45, 2.75) is 13.5 Å². The van der Waals surface area contributed by atoms with Gasteiger partial charge in [-0.25, -0.2) is 4.39 Å². The molecular formula is C9H9FO2. The van der Waals surface area contributed by atoms with Gasteiger partial charge in [0.05, 0.1) is 12.2 Å². The number of rotatable bonds is 2. The minimum atomic E-state index is -0.575. The molecule has 0 radical (unpaired) electrons. The van der Waals surface area contributed by atoms with Gasteiger partial charge >= 0.3 is 0 Å². The SMILES string of the molecule is CC(=O)c1ccc(CO)cc1F. The van der Waals surface area contributed by atoms with Gasteiger partial charge in [-0.15, -0.1) is 0 Å². The molecule has 0 amide bonds. The smallest absolute Gasteiger partial charge is 0.162 e. The number of benzene rings is 1. The Balaban J connectivity index is 3.12. The van der Waals surface area contributed by atoms with Crippen LogP contribution in [0.1, 0.15) is 22.8 Å². The summed E-state index contributed by atoms with van der Waals surface area (Å²) < 4.78 is 13.0. The maximum Gasteiger partial charge on any atom is 0.162 e. The lowest BCUT2D eigenvalue weighted by Crippen LogP contribution is -1.97. The Morgan fingerprint density at radius 3 is 2.67 bits per heavy atom. The predicted octanol–water partition coefficient (Wildman–Crippen LogP) is 1.52. The fourth-order valence-electron chi connectivity index (χ4n) is 0.942. The fourth-order valence-corrected chi connectivity index (χ4v) is 0.942. The number of hydrogen-bond donors (Lipinski definition) is 1. The Hall–Kier alpha value is -1.22.